The maximum atomic E-state index is 12.6. The van der Waals surface area contributed by atoms with Gasteiger partial charge in [-0.05, 0) is 38.0 Å². The molecule has 0 unspecified atom stereocenters. The minimum atomic E-state index is -0.158. The van der Waals surface area contributed by atoms with Gasteiger partial charge in [-0.2, -0.15) is 0 Å². The zero-order valence-electron chi connectivity index (χ0n) is 18.6. The van der Waals surface area contributed by atoms with Gasteiger partial charge in [0.25, 0.3) is 0 Å². The second-order valence-electron chi connectivity index (χ2n) is 7.57. The summed E-state index contributed by atoms with van der Waals surface area (Å²) in [5.41, 5.74) is 1.63. The molecule has 0 aliphatic heterocycles. The molecular formula is C22H28N4O3S2. The monoisotopic (exact) mass is 460 g/mol. The van der Waals surface area contributed by atoms with E-state index in [1.54, 1.807) is 43.8 Å². The number of carbonyl (C=O) groups is 1. The maximum absolute atomic E-state index is 12.6. The lowest BCUT2D eigenvalue weighted by molar-refractivity contribution is -0.113. The smallest absolute Gasteiger partial charge is 0.234 e. The van der Waals surface area contributed by atoms with Gasteiger partial charge in [0.05, 0.1) is 25.7 Å². The Morgan fingerprint density at radius 2 is 1.94 bits per heavy atom. The van der Waals surface area contributed by atoms with Crippen LogP contribution in [0.15, 0.2) is 34.8 Å². The van der Waals surface area contributed by atoms with Crippen LogP contribution in [0.5, 0.6) is 11.5 Å². The lowest BCUT2D eigenvalue weighted by Gasteiger charge is -2.14. The van der Waals surface area contributed by atoms with Crippen molar-refractivity contribution >= 4 is 34.7 Å². The fourth-order valence-corrected chi connectivity index (χ4v) is 4.81. The highest BCUT2D eigenvalue weighted by Gasteiger charge is 2.19. The van der Waals surface area contributed by atoms with Crippen LogP contribution in [0, 0.1) is 0 Å². The number of carbonyl (C=O) groups excluding carboxylic acids is 1. The molecule has 9 heteroatoms. The number of benzene rings is 1. The van der Waals surface area contributed by atoms with Crippen LogP contribution in [-0.4, -0.2) is 40.6 Å². The number of hydrogen-bond donors (Lipinski definition) is 1. The number of ether oxygens (including phenoxy) is 2. The van der Waals surface area contributed by atoms with E-state index >= 15 is 0 Å². The molecule has 31 heavy (non-hydrogen) atoms. The van der Waals surface area contributed by atoms with Gasteiger partial charge in [0.1, 0.15) is 11.5 Å². The maximum Gasteiger partial charge on any atom is 0.234 e. The summed E-state index contributed by atoms with van der Waals surface area (Å²) in [6.45, 7) is 8.54. The van der Waals surface area contributed by atoms with E-state index in [-0.39, 0.29) is 17.7 Å². The van der Waals surface area contributed by atoms with Gasteiger partial charge in [-0.1, -0.05) is 25.6 Å². The predicted octanol–water partition coefficient (Wildman–Crippen LogP) is 5.46. The molecule has 0 saturated heterocycles. The van der Waals surface area contributed by atoms with Crippen LogP contribution in [-0.2, 0) is 4.79 Å². The summed E-state index contributed by atoms with van der Waals surface area (Å²) in [6.07, 6.45) is 0. The van der Waals surface area contributed by atoms with Crippen molar-refractivity contribution in [2.75, 3.05) is 25.3 Å². The molecule has 0 spiro atoms. The van der Waals surface area contributed by atoms with E-state index in [0.717, 1.165) is 16.5 Å². The van der Waals surface area contributed by atoms with E-state index in [1.165, 1.54) is 16.6 Å². The summed E-state index contributed by atoms with van der Waals surface area (Å²) in [5, 5.41) is 14.5. The molecular weight excluding hydrogens is 432 g/mol. The summed E-state index contributed by atoms with van der Waals surface area (Å²) in [4.78, 5) is 13.9. The molecule has 1 N–H and O–H groups in total. The number of amides is 1. The zero-order valence-corrected chi connectivity index (χ0v) is 20.3. The largest absolute Gasteiger partial charge is 0.497 e. The lowest BCUT2D eigenvalue weighted by atomic mass is 10.1. The van der Waals surface area contributed by atoms with Crippen molar-refractivity contribution in [3.63, 3.8) is 0 Å². The molecule has 1 aromatic carbocycles. The number of thioether (sulfide) groups is 1. The van der Waals surface area contributed by atoms with E-state index in [4.69, 9.17) is 9.47 Å². The fraction of sp³-hybridized carbons (Fsp3) is 0.409. The van der Waals surface area contributed by atoms with E-state index < -0.39 is 0 Å². The standard InChI is InChI=1S/C22H28N4O3S2/c1-13(2)19-9-15(11-30-19)21-24-25-22(26(21)14(3)4)31-12-20(27)23-17-10-16(28-5)7-8-18(17)29-6/h7-11,13-14H,12H2,1-6H3,(H,23,27). The Morgan fingerprint density at radius 3 is 2.55 bits per heavy atom. The van der Waals surface area contributed by atoms with Crippen molar-refractivity contribution in [2.45, 2.75) is 44.8 Å². The number of nitrogens with zero attached hydrogens (tertiary/aromatic N) is 3. The Labute approximate surface area is 191 Å². The average molecular weight is 461 g/mol. The van der Waals surface area contributed by atoms with Crippen LogP contribution in [0.3, 0.4) is 0 Å². The molecule has 1 amide bonds. The molecule has 7 nitrogen and oxygen atoms in total. The number of anilines is 1. The molecule has 0 atom stereocenters. The molecule has 0 aliphatic carbocycles. The third-order valence-corrected chi connectivity index (χ3v) is 6.82. The van der Waals surface area contributed by atoms with E-state index in [2.05, 4.69) is 59.2 Å². The Kier molecular flexibility index (Phi) is 7.61. The van der Waals surface area contributed by atoms with Crippen molar-refractivity contribution in [3.05, 3.63) is 34.5 Å². The van der Waals surface area contributed by atoms with Crippen LogP contribution in [0.4, 0.5) is 5.69 Å². The summed E-state index contributed by atoms with van der Waals surface area (Å²) < 4.78 is 12.6. The van der Waals surface area contributed by atoms with Gasteiger partial charge in [0.15, 0.2) is 11.0 Å². The minimum Gasteiger partial charge on any atom is -0.497 e. The molecule has 0 bridgehead atoms. The zero-order chi connectivity index (χ0) is 22.5. The van der Waals surface area contributed by atoms with E-state index in [1.807, 2.05) is 0 Å². The molecule has 3 rings (SSSR count). The van der Waals surface area contributed by atoms with Crippen molar-refractivity contribution < 1.29 is 14.3 Å². The summed E-state index contributed by atoms with van der Waals surface area (Å²) in [5.74, 6) is 2.56. The van der Waals surface area contributed by atoms with Crippen molar-refractivity contribution in [2.24, 2.45) is 0 Å². The van der Waals surface area contributed by atoms with Gasteiger partial charge in [0.2, 0.25) is 5.91 Å². The first kappa shape index (κ1) is 23.1. The lowest BCUT2D eigenvalue weighted by Crippen LogP contribution is -2.15. The minimum absolute atomic E-state index is 0.158. The number of thiophene rings is 1. The van der Waals surface area contributed by atoms with Gasteiger partial charge < -0.3 is 14.8 Å². The highest BCUT2D eigenvalue weighted by atomic mass is 32.2. The highest BCUT2D eigenvalue weighted by molar-refractivity contribution is 7.99. The normalized spacial score (nSPS) is 11.2. The van der Waals surface area contributed by atoms with E-state index in [0.29, 0.717) is 23.1 Å². The van der Waals surface area contributed by atoms with Gasteiger partial charge in [0, 0.05) is 27.9 Å². The molecule has 0 aliphatic rings. The van der Waals surface area contributed by atoms with Gasteiger partial charge in [-0.15, -0.1) is 21.5 Å². The third kappa shape index (κ3) is 5.40. The second kappa shape index (κ2) is 10.2. The van der Waals surface area contributed by atoms with Crippen molar-refractivity contribution in [3.8, 4) is 22.9 Å². The fourth-order valence-electron chi connectivity index (χ4n) is 3.04. The number of rotatable bonds is 9. The van der Waals surface area contributed by atoms with Crippen LogP contribution < -0.4 is 14.8 Å². The predicted molar refractivity (Wildman–Crippen MR) is 127 cm³/mol. The molecule has 2 aromatic heterocycles. The summed E-state index contributed by atoms with van der Waals surface area (Å²) >= 11 is 3.10. The molecule has 0 saturated carbocycles. The second-order valence-corrected chi connectivity index (χ2v) is 9.45. The quantitative estimate of drug-likeness (QED) is 0.427. The van der Waals surface area contributed by atoms with Gasteiger partial charge >= 0.3 is 0 Å². The Balaban J connectivity index is 1.74. The van der Waals surface area contributed by atoms with Gasteiger partial charge in [-0.3, -0.25) is 9.36 Å². The molecule has 3 aromatic rings. The number of nitrogens with one attached hydrogen (secondary N) is 1. The topological polar surface area (TPSA) is 78.3 Å². The average Bonchev–Trinajstić information content (AvgIpc) is 3.39. The first-order valence-electron chi connectivity index (χ1n) is 10.0. The van der Waals surface area contributed by atoms with Crippen LogP contribution in [0.2, 0.25) is 0 Å². The molecule has 2 heterocycles. The Bertz CT molecular complexity index is 1040. The highest BCUT2D eigenvalue weighted by Crippen LogP contribution is 2.33. The summed E-state index contributed by atoms with van der Waals surface area (Å²) in [7, 11) is 3.14. The first-order valence-corrected chi connectivity index (χ1v) is 11.9. The van der Waals surface area contributed by atoms with Gasteiger partial charge in [-0.25, -0.2) is 0 Å². The number of aromatic nitrogens is 3. The van der Waals surface area contributed by atoms with E-state index in [9.17, 15) is 4.79 Å². The molecule has 0 fully saturated rings. The Hall–Kier alpha value is -2.52. The summed E-state index contributed by atoms with van der Waals surface area (Å²) in [6, 6.07) is 7.62. The number of hydrogen-bond acceptors (Lipinski definition) is 7. The van der Waals surface area contributed by atoms with Crippen LogP contribution in [0.1, 0.15) is 44.5 Å². The molecule has 0 radical (unpaired) electrons. The van der Waals surface area contributed by atoms with Crippen LogP contribution >= 0.6 is 23.1 Å². The first-order chi connectivity index (χ1) is 14.8. The third-order valence-electron chi connectivity index (χ3n) is 4.64. The van der Waals surface area contributed by atoms with Crippen molar-refractivity contribution in [1.82, 2.24) is 14.8 Å². The van der Waals surface area contributed by atoms with Crippen LogP contribution in [0.25, 0.3) is 11.4 Å². The number of methoxy groups -OCH3 is 2. The Morgan fingerprint density at radius 1 is 1.16 bits per heavy atom. The van der Waals surface area contributed by atoms with Crippen molar-refractivity contribution in [1.29, 1.82) is 0 Å². The SMILES string of the molecule is COc1ccc(OC)c(NC(=O)CSc2nnc(-c3csc(C(C)C)c3)n2C(C)C)c1. The molecule has 166 valence electrons.